The predicted octanol–water partition coefficient (Wildman–Crippen LogP) is 2.61. The molecule has 25 heavy (non-hydrogen) atoms. The van der Waals surface area contributed by atoms with E-state index in [0.717, 1.165) is 30.4 Å². The number of amides is 2. The lowest BCUT2D eigenvalue weighted by Gasteiger charge is -2.40. The van der Waals surface area contributed by atoms with E-state index in [-0.39, 0.29) is 36.9 Å². The summed E-state index contributed by atoms with van der Waals surface area (Å²) in [5.74, 6) is -0.592. The molecule has 3 rings (SSSR count). The van der Waals surface area contributed by atoms with Crippen LogP contribution < -0.4 is 5.32 Å². The third-order valence-corrected chi connectivity index (χ3v) is 4.82. The van der Waals surface area contributed by atoms with Crippen LogP contribution in [0.1, 0.15) is 61.3 Å². The second-order valence-corrected chi connectivity index (χ2v) is 6.69. The van der Waals surface area contributed by atoms with Gasteiger partial charge in [-0.3, -0.25) is 9.59 Å². The van der Waals surface area contributed by atoms with Crippen molar-refractivity contribution in [3.05, 3.63) is 17.8 Å². The van der Waals surface area contributed by atoms with Crippen LogP contribution in [0.5, 0.6) is 0 Å². The molecule has 138 valence electrons. The van der Waals surface area contributed by atoms with Crippen molar-refractivity contribution in [2.45, 2.75) is 63.2 Å². The largest absolute Gasteiger partial charge is 0.448 e. The molecule has 0 radical (unpaired) electrons. The van der Waals surface area contributed by atoms with Gasteiger partial charge in [-0.1, -0.05) is 6.42 Å². The average molecular weight is 359 g/mol. The van der Waals surface area contributed by atoms with Gasteiger partial charge in [-0.15, -0.1) is 0 Å². The molecule has 1 N–H and O–H groups in total. The van der Waals surface area contributed by atoms with Crippen LogP contribution in [0.15, 0.2) is 10.7 Å². The fraction of sp³-hybridized carbons (Fsp3) is 0.688. The predicted molar refractivity (Wildman–Crippen MR) is 80.8 cm³/mol. The Hall–Kier alpha value is -2.06. The zero-order chi connectivity index (χ0) is 18.2. The van der Waals surface area contributed by atoms with Gasteiger partial charge in [0.05, 0.1) is 0 Å². The number of aromatic nitrogens is 1. The van der Waals surface area contributed by atoms with Gasteiger partial charge in [-0.25, -0.2) is 4.98 Å². The molecule has 1 saturated carbocycles. The number of hydrogen-bond acceptors (Lipinski definition) is 4. The van der Waals surface area contributed by atoms with Crippen LogP contribution in [0, 0.1) is 0 Å². The number of carbonyl (C=O) groups is 2. The summed E-state index contributed by atoms with van der Waals surface area (Å²) in [4.78, 5) is 28.7. The molecule has 1 aliphatic heterocycles. The summed E-state index contributed by atoms with van der Waals surface area (Å²) in [6, 6.07) is -2.38. The van der Waals surface area contributed by atoms with Crippen molar-refractivity contribution in [2.75, 3.05) is 6.54 Å². The van der Waals surface area contributed by atoms with Crippen LogP contribution in [-0.4, -0.2) is 46.5 Å². The number of nitrogens with zero attached hydrogens (tertiary/aromatic N) is 2. The van der Waals surface area contributed by atoms with Crippen LogP contribution in [-0.2, 0) is 4.79 Å². The number of piperidine rings is 1. The minimum atomic E-state index is -4.53. The maximum absolute atomic E-state index is 13.3. The van der Waals surface area contributed by atoms with E-state index >= 15 is 0 Å². The lowest BCUT2D eigenvalue weighted by atomic mass is 9.85. The number of nitrogens with one attached hydrogen (secondary N) is 1. The fourth-order valence-electron chi connectivity index (χ4n) is 3.32. The molecule has 1 saturated heterocycles. The topological polar surface area (TPSA) is 75.4 Å². The number of rotatable bonds is 3. The summed E-state index contributed by atoms with van der Waals surface area (Å²) in [6.45, 7) is 1.10. The number of carbonyl (C=O) groups excluding carboxylic acids is 2. The molecule has 2 atom stereocenters. The van der Waals surface area contributed by atoms with Crippen LogP contribution in [0.25, 0.3) is 0 Å². The van der Waals surface area contributed by atoms with Crippen LogP contribution in [0.4, 0.5) is 13.2 Å². The Morgan fingerprint density at radius 1 is 1.28 bits per heavy atom. The van der Waals surface area contributed by atoms with Crippen molar-refractivity contribution < 1.29 is 27.2 Å². The monoisotopic (exact) mass is 359 g/mol. The first-order valence-corrected chi connectivity index (χ1v) is 8.36. The second kappa shape index (κ2) is 6.68. The van der Waals surface area contributed by atoms with E-state index in [4.69, 9.17) is 4.42 Å². The van der Waals surface area contributed by atoms with Crippen molar-refractivity contribution in [3.8, 4) is 0 Å². The molecule has 0 bridgehead atoms. The number of alkyl halides is 3. The Morgan fingerprint density at radius 3 is 2.56 bits per heavy atom. The van der Waals surface area contributed by atoms with E-state index in [1.54, 1.807) is 0 Å². The molecule has 1 aromatic heterocycles. The molecule has 0 aromatic carbocycles. The zero-order valence-electron chi connectivity index (χ0n) is 13.8. The van der Waals surface area contributed by atoms with Gasteiger partial charge < -0.3 is 14.6 Å². The lowest BCUT2D eigenvalue weighted by Crippen LogP contribution is -2.58. The van der Waals surface area contributed by atoms with E-state index in [1.807, 2.05) is 0 Å². The molecular weight excluding hydrogens is 339 g/mol. The maximum atomic E-state index is 13.3. The quantitative estimate of drug-likeness (QED) is 0.900. The zero-order valence-corrected chi connectivity index (χ0v) is 13.8. The second-order valence-electron chi connectivity index (χ2n) is 6.69. The third-order valence-electron chi connectivity index (χ3n) is 4.82. The van der Waals surface area contributed by atoms with Crippen molar-refractivity contribution in [3.63, 3.8) is 0 Å². The van der Waals surface area contributed by atoms with Crippen molar-refractivity contribution in [2.24, 2.45) is 0 Å². The van der Waals surface area contributed by atoms with E-state index < -0.39 is 24.2 Å². The molecule has 1 aliphatic carbocycles. The summed E-state index contributed by atoms with van der Waals surface area (Å²) in [7, 11) is 0. The molecule has 0 unspecified atom stereocenters. The van der Waals surface area contributed by atoms with E-state index in [2.05, 4.69) is 10.3 Å². The first kappa shape index (κ1) is 17.8. The van der Waals surface area contributed by atoms with Crippen LogP contribution in [0.3, 0.4) is 0 Å². The standard InChI is InChI=1S/C16H20F3N3O3/c1-9(23)20-11-5-6-13(16(17,18)19)22(7-11)15(24)12-8-25-14(21-12)10-3-2-4-10/h8,10-11,13H,2-7H2,1H3,(H,20,23)/t11-,13+/m1/s1. The highest BCUT2D eigenvalue weighted by molar-refractivity contribution is 5.92. The van der Waals surface area contributed by atoms with E-state index in [1.165, 1.54) is 6.92 Å². The number of likely N-dealkylation sites (tertiary alicyclic amines) is 1. The fourth-order valence-corrected chi connectivity index (χ4v) is 3.32. The van der Waals surface area contributed by atoms with Crippen molar-refractivity contribution in [1.82, 2.24) is 15.2 Å². The summed E-state index contributed by atoms with van der Waals surface area (Å²) in [5.41, 5.74) is -0.111. The Bertz CT molecular complexity index is 655. The third kappa shape index (κ3) is 3.80. The smallest absolute Gasteiger partial charge is 0.408 e. The summed E-state index contributed by atoms with van der Waals surface area (Å²) in [6.07, 6.45) is -0.617. The van der Waals surface area contributed by atoms with Gasteiger partial charge in [0.2, 0.25) is 5.91 Å². The molecular formula is C16H20F3N3O3. The Kier molecular flexibility index (Phi) is 4.75. The summed E-state index contributed by atoms with van der Waals surface area (Å²) < 4.78 is 45.3. The summed E-state index contributed by atoms with van der Waals surface area (Å²) >= 11 is 0. The lowest BCUT2D eigenvalue weighted by molar-refractivity contribution is -0.184. The number of oxazole rings is 1. The molecule has 2 aliphatic rings. The van der Waals surface area contributed by atoms with Gasteiger partial charge in [0.1, 0.15) is 12.3 Å². The Labute approximate surface area is 142 Å². The van der Waals surface area contributed by atoms with Gasteiger partial charge in [0.15, 0.2) is 11.6 Å². The van der Waals surface area contributed by atoms with E-state index in [9.17, 15) is 22.8 Å². The Morgan fingerprint density at radius 2 is 2.00 bits per heavy atom. The molecule has 6 nitrogen and oxygen atoms in total. The molecule has 2 fully saturated rings. The Balaban J connectivity index is 1.79. The summed E-state index contributed by atoms with van der Waals surface area (Å²) in [5, 5.41) is 2.59. The van der Waals surface area contributed by atoms with Gasteiger partial charge >= 0.3 is 6.18 Å². The van der Waals surface area contributed by atoms with Gasteiger partial charge in [0.25, 0.3) is 5.91 Å². The first-order valence-electron chi connectivity index (χ1n) is 8.36. The minimum absolute atomic E-state index is 0.111. The molecule has 0 spiro atoms. The SMILES string of the molecule is CC(=O)N[C@@H]1CC[C@@H](C(F)(F)F)N(C(=O)c2coc(C3CCC3)n2)C1. The molecule has 2 amide bonds. The molecule has 2 heterocycles. The highest BCUT2D eigenvalue weighted by Gasteiger charge is 2.48. The minimum Gasteiger partial charge on any atom is -0.448 e. The first-order chi connectivity index (χ1) is 11.8. The van der Waals surface area contributed by atoms with Crippen molar-refractivity contribution in [1.29, 1.82) is 0 Å². The van der Waals surface area contributed by atoms with Gasteiger partial charge in [0, 0.05) is 25.4 Å². The maximum Gasteiger partial charge on any atom is 0.408 e. The van der Waals surface area contributed by atoms with Gasteiger partial charge in [-0.05, 0) is 25.7 Å². The normalized spacial score (nSPS) is 24.7. The van der Waals surface area contributed by atoms with Crippen molar-refractivity contribution >= 4 is 11.8 Å². The van der Waals surface area contributed by atoms with Crippen LogP contribution in [0.2, 0.25) is 0 Å². The highest BCUT2D eigenvalue weighted by atomic mass is 19.4. The number of halogens is 3. The van der Waals surface area contributed by atoms with Gasteiger partial charge in [-0.2, -0.15) is 13.2 Å². The van der Waals surface area contributed by atoms with E-state index in [0.29, 0.717) is 5.89 Å². The van der Waals surface area contributed by atoms with Crippen LogP contribution >= 0.6 is 0 Å². The number of hydrogen-bond donors (Lipinski definition) is 1. The molecule has 1 aromatic rings. The molecule has 9 heteroatoms. The average Bonchev–Trinajstić information content (AvgIpc) is 2.92. The highest BCUT2D eigenvalue weighted by Crippen LogP contribution is 2.36.